The molecule has 3 rings (SSSR count). The lowest BCUT2D eigenvalue weighted by atomic mass is 10.1. The molecule has 0 radical (unpaired) electrons. The van der Waals surface area contributed by atoms with E-state index in [4.69, 9.17) is 9.47 Å². The first-order valence-electron chi connectivity index (χ1n) is 8.37. The SMILES string of the molecule is COC(=O)C1=C(O)/C(=C\c2ccc(OC)c(O)c2)SC1=Nc1ccc(C)cc1. The molecule has 7 heteroatoms. The molecule has 0 saturated carbocycles. The molecule has 0 saturated heterocycles. The fraction of sp³-hybridized carbons (Fsp3) is 0.143. The van der Waals surface area contributed by atoms with Crippen LogP contribution in [0.2, 0.25) is 0 Å². The number of ether oxygens (including phenoxy) is 2. The number of aryl methyl sites for hydroxylation is 1. The summed E-state index contributed by atoms with van der Waals surface area (Å²) < 4.78 is 9.84. The van der Waals surface area contributed by atoms with Crippen LogP contribution in [0.15, 0.2) is 63.7 Å². The molecule has 2 N–H and O–H groups in total. The maximum absolute atomic E-state index is 12.2. The molecule has 0 atom stereocenters. The van der Waals surface area contributed by atoms with Gasteiger partial charge in [-0.1, -0.05) is 35.5 Å². The van der Waals surface area contributed by atoms with E-state index in [1.165, 1.54) is 20.3 Å². The Morgan fingerprint density at radius 2 is 1.82 bits per heavy atom. The van der Waals surface area contributed by atoms with E-state index in [0.717, 1.165) is 17.3 Å². The van der Waals surface area contributed by atoms with E-state index in [1.54, 1.807) is 18.2 Å². The molecule has 0 aromatic heterocycles. The number of nitrogens with zero attached hydrogens (tertiary/aromatic N) is 1. The number of aliphatic hydroxyl groups is 1. The largest absolute Gasteiger partial charge is 0.506 e. The minimum Gasteiger partial charge on any atom is -0.506 e. The van der Waals surface area contributed by atoms with E-state index in [0.29, 0.717) is 26.9 Å². The van der Waals surface area contributed by atoms with Gasteiger partial charge in [0.2, 0.25) is 0 Å². The summed E-state index contributed by atoms with van der Waals surface area (Å²) >= 11 is 1.15. The predicted octanol–water partition coefficient (Wildman–Crippen LogP) is 4.51. The second kappa shape index (κ2) is 8.22. The Morgan fingerprint density at radius 1 is 1.11 bits per heavy atom. The lowest BCUT2D eigenvalue weighted by Gasteiger charge is -2.04. The highest BCUT2D eigenvalue weighted by Gasteiger charge is 2.33. The van der Waals surface area contributed by atoms with Gasteiger partial charge < -0.3 is 19.7 Å². The monoisotopic (exact) mass is 397 g/mol. The third kappa shape index (κ3) is 4.04. The highest BCUT2D eigenvalue weighted by molar-refractivity contribution is 8.18. The lowest BCUT2D eigenvalue weighted by Crippen LogP contribution is -2.10. The number of aliphatic hydroxyl groups excluding tert-OH is 1. The smallest absolute Gasteiger partial charge is 0.344 e. The Balaban J connectivity index is 2.02. The molecule has 144 valence electrons. The van der Waals surface area contributed by atoms with Gasteiger partial charge in [0, 0.05) is 0 Å². The molecule has 1 aliphatic heterocycles. The Morgan fingerprint density at radius 3 is 2.43 bits per heavy atom. The van der Waals surface area contributed by atoms with Crippen LogP contribution in [0.1, 0.15) is 11.1 Å². The number of hydrogen-bond acceptors (Lipinski definition) is 7. The molecule has 0 spiro atoms. The fourth-order valence-corrected chi connectivity index (χ4v) is 3.61. The van der Waals surface area contributed by atoms with Gasteiger partial charge >= 0.3 is 5.97 Å². The van der Waals surface area contributed by atoms with Crippen LogP contribution in [0.3, 0.4) is 0 Å². The number of carbonyl (C=O) groups is 1. The number of hydrogen-bond donors (Lipinski definition) is 2. The van der Waals surface area contributed by atoms with Crippen molar-refractivity contribution < 1.29 is 24.5 Å². The zero-order valence-electron chi connectivity index (χ0n) is 15.6. The zero-order chi connectivity index (χ0) is 20.3. The molecule has 2 aromatic carbocycles. The summed E-state index contributed by atoms with van der Waals surface area (Å²) in [6.45, 7) is 1.97. The van der Waals surface area contributed by atoms with E-state index >= 15 is 0 Å². The van der Waals surface area contributed by atoms with Crippen LogP contribution in [-0.4, -0.2) is 35.4 Å². The number of benzene rings is 2. The zero-order valence-corrected chi connectivity index (χ0v) is 16.4. The van der Waals surface area contributed by atoms with Crippen molar-refractivity contribution in [3.05, 3.63) is 69.8 Å². The summed E-state index contributed by atoms with van der Waals surface area (Å²) in [5, 5.41) is 20.9. The number of phenols is 1. The van der Waals surface area contributed by atoms with Crippen LogP contribution >= 0.6 is 11.8 Å². The van der Waals surface area contributed by atoms with Crippen molar-refractivity contribution in [3.63, 3.8) is 0 Å². The van der Waals surface area contributed by atoms with Crippen LogP contribution in [0.25, 0.3) is 6.08 Å². The van der Waals surface area contributed by atoms with Crippen molar-refractivity contribution in [3.8, 4) is 11.5 Å². The Hall–Kier alpha value is -3.19. The van der Waals surface area contributed by atoms with E-state index in [-0.39, 0.29) is 17.1 Å². The van der Waals surface area contributed by atoms with Crippen molar-refractivity contribution in [1.29, 1.82) is 0 Å². The molecule has 0 bridgehead atoms. The van der Waals surface area contributed by atoms with Crippen molar-refractivity contribution in [2.75, 3.05) is 14.2 Å². The van der Waals surface area contributed by atoms with Gasteiger partial charge in [-0.2, -0.15) is 0 Å². The summed E-state index contributed by atoms with van der Waals surface area (Å²) in [6.07, 6.45) is 1.65. The number of carbonyl (C=O) groups excluding carboxylic acids is 1. The Labute approximate surface area is 166 Å². The first kappa shape index (κ1) is 19.6. The second-order valence-corrected chi connectivity index (χ2v) is 7.04. The Kier molecular flexibility index (Phi) is 5.75. The summed E-state index contributed by atoms with van der Waals surface area (Å²) in [5.41, 5.74) is 2.39. The maximum Gasteiger partial charge on any atom is 0.344 e. The molecular weight excluding hydrogens is 378 g/mol. The Bertz CT molecular complexity index is 1010. The number of phenolic OH excluding ortho intramolecular Hbond substituents is 1. The standard InChI is InChI=1S/C21H19NO5S/c1-12-4-7-14(8-5-12)22-20-18(21(25)27-3)19(24)17(28-20)11-13-6-9-16(26-2)15(23)10-13/h4-11,23-24H,1-3H3/b17-11+,22-20?. The first-order chi connectivity index (χ1) is 13.4. The number of aliphatic imine (C=N–C) groups is 1. The summed E-state index contributed by atoms with van der Waals surface area (Å²) in [5.74, 6) is -0.558. The minimum absolute atomic E-state index is 0.0112. The van der Waals surface area contributed by atoms with Crippen LogP contribution in [0.4, 0.5) is 5.69 Å². The summed E-state index contributed by atoms with van der Waals surface area (Å²) in [7, 11) is 2.71. The fourth-order valence-electron chi connectivity index (χ4n) is 2.58. The molecule has 1 aliphatic rings. The van der Waals surface area contributed by atoms with Crippen molar-refractivity contribution in [1.82, 2.24) is 0 Å². The van der Waals surface area contributed by atoms with Crippen molar-refractivity contribution in [2.45, 2.75) is 6.92 Å². The van der Waals surface area contributed by atoms with Gasteiger partial charge in [-0.05, 0) is 42.8 Å². The average molecular weight is 397 g/mol. The van der Waals surface area contributed by atoms with Crippen molar-refractivity contribution >= 4 is 34.5 Å². The van der Waals surface area contributed by atoms with Gasteiger partial charge in [0.15, 0.2) is 11.5 Å². The maximum atomic E-state index is 12.2. The van der Waals surface area contributed by atoms with Gasteiger partial charge in [-0.25, -0.2) is 9.79 Å². The van der Waals surface area contributed by atoms with Crippen molar-refractivity contribution in [2.24, 2.45) is 4.99 Å². The normalized spacial score (nSPS) is 16.7. The highest BCUT2D eigenvalue weighted by Crippen LogP contribution is 2.40. The first-order valence-corrected chi connectivity index (χ1v) is 9.18. The number of thioether (sulfide) groups is 1. The number of esters is 1. The molecule has 0 amide bonds. The number of aromatic hydroxyl groups is 1. The van der Waals surface area contributed by atoms with E-state index < -0.39 is 5.97 Å². The predicted molar refractivity (Wildman–Crippen MR) is 110 cm³/mol. The topological polar surface area (TPSA) is 88.4 Å². The third-order valence-corrected chi connectivity index (χ3v) is 5.07. The average Bonchev–Trinajstić information content (AvgIpc) is 2.98. The quantitative estimate of drug-likeness (QED) is 0.738. The van der Waals surface area contributed by atoms with Gasteiger partial charge in [-0.15, -0.1) is 0 Å². The summed E-state index contributed by atoms with van der Waals surface area (Å²) in [6, 6.07) is 12.3. The molecular formula is C21H19NO5S. The van der Waals surface area contributed by atoms with Crippen LogP contribution in [0.5, 0.6) is 11.5 Å². The van der Waals surface area contributed by atoms with E-state index in [2.05, 4.69) is 4.99 Å². The van der Waals surface area contributed by atoms with Gasteiger partial charge in [0.25, 0.3) is 0 Å². The van der Waals surface area contributed by atoms with Crippen LogP contribution < -0.4 is 4.74 Å². The molecule has 28 heavy (non-hydrogen) atoms. The minimum atomic E-state index is -0.670. The lowest BCUT2D eigenvalue weighted by molar-refractivity contribution is -0.135. The van der Waals surface area contributed by atoms with Gasteiger partial charge in [-0.3, -0.25) is 0 Å². The van der Waals surface area contributed by atoms with Crippen LogP contribution in [-0.2, 0) is 9.53 Å². The molecule has 0 fully saturated rings. The molecule has 6 nitrogen and oxygen atoms in total. The molecule has 0 unspecified atom stereocenters. The second-order valence-electron chi connectivity index (χ2n) is 6.01. The van der Waals surface area contributed by atoms with E-state index in [1.807, 2.05) is 31.2 Å². The number of methoxy groups -OCH3 is 2. The van der Waals surface area contributed by atoms with Gasteiger partial charge in [0.05, 0.1) is 24.8 Å². The molecule has 0 aliphatic carbocycles. The molecule has 2 aromatic rings. The highest BCUT2D eigenvalue weighted by atomic mass is 32.2. The van der Waals surface area contributed by atoms with Crippen LogP contribution in [0, 0.1) is 6.92 Å². The summed E-state index contributed by atoms with van der Waals surface area (Å²) in [4.78, 5) is 17.1. The third-order valence-electron chi connectivity index (χ3n) is 4.05. The van der Waals surface area contributed by atoms with E-state index in [9.17, 15) is 15.0 Å². The number of rotatable bonds is 4. The van der Waals surface area contributed by atoms with Gasteiger partial charge in [0.1, 0.15) is 16.4 Å². The molecule has 1 heterocycles.